The van der Waals surface area contributed by atoms with Gasteiger partial charge < -0.3 is 15.2 Å². The van der Waals surface area contributed by atoms with E-state index in [0.717, 1.165) is 29.7 Å². The molecular formula is C20H22FNO3. The Kier molecular flexibility index (Phi) is 4.77. The van der Waals surface area contributed by atoms with Crippen molar-refractivity contribution in [2.75, 3.05) is 13.7 Å². The van der Waals surface area contributed by atoms with Gasteiger partial charge in [0.2, 0.25) is 5.91 Å². The summed E-state index contributed by atoms with van der Waals surface area (Å²) < 4.78 is 19.1. The Morgan fingerprint density at radius 2 is 2.04 bits per heavy atom. The van der Waals surface area contributed by atoms with Crippen molar-refractivity contribution in [3.05, 3.63) is 65.0 Å². The highest BCUT2D eigenvalue weighted by Gasteiger charge is 2.51. The molecule has 1 aliphatic rings. The summed E-state index contributed by atoms with van der Waals surface area (Å²) in [6.07, 6.45) is 0.426. The lowest BCUT2D eigenvalue weighted by Gasteiger charge is -2.19. The van der Waals surface area contributed by atoms with E-state index in [1.165, 1.54) is 12.1 Å². The number of carbonyl (C=O) groups is 1. The highest BCUT2D eigenvalue weighted by atomic mass is 19.1. The number of hydrogen-bond donors (Lipinski definition) is 2. The minimum Gasteiger partial charge on any atom is -0.496 e. The van der Waals surface area contributed by atoms with Crippen LogP contribution >= 0.6 is 0 Å². The minimum atomic E-state index is -1.08. The Morgan fingerprint density at radius 3 is 2.68 bits per heavy atom. The van der Waals surface area contributed by atoms with Crippen LogP contribution in [-0.2, 0) is 10.2 Å². The Bertz CT molecular complexity index is 786. The van der Waals surface area contributed by atoms with E-state index < -0.39 is 17.3 Å². The van der Waals surface area contributed by atoms with E-state index in [2.05, 4.69) is 5.32 Å². The molecule has 2 N–H and O–H groups in total. The van der Waals surface area contributed by atoms with Crippen LogP contribution < -0.4 is 10.1 Å². The number of rotatable bonds is 6. The smallest absolute Gasteiger partial charge is 0.230 e. The lowest BCUT2D eigenvalue weighted by molar-refractivity contribution is -0.124. The zero-order valence-electron chi connectivity index (χ0n) is 14.4. The summed E-state index contributed by atoms with van der Waals surface area (Å²) in [6, 6.07) is 11.8. The van der Waals surface area contributed by atoms with Crippen LogP contribution in [0, 0.1) is 12.7 Å². The fourth-order valence-corrected chi connectivity index (χ4v) is 3.10. The molecule has 0 aromatic heterocycles. The normalized spacial score (nSPS) is 16.2. The van der Waals surface area contributed by atoms with Crippen molar-refractivity contribution >= 4 is 5.91 Å². The van der Waals surface area contributed by atoms with Gasteiger partial charge in [-0.3, -0.25) is 4.79 Å². The second-order valence-electron chi connectivity index (χ2n) is 6.51. The summed E-state index contributed by atoms with van der Waals surface area (Å²) >= 11 is 0. The zero-order valence-corrected chi connectivity index (χ0v) is 14.4. The summed E-state index contributed by atoms with van der Waals surface area (Å²) in [5, 5.41) is 12.9. The number of methoxy groups -OCH3 is 1. The summed E-state index contributed by atoms with van der Waals surface area (Å²) in [6.45, 7) is 1.93. The third-order valence-corrected chi connectivity index (χ3v) is 4.87. The van der Waals surface area contributed by atoms with Gasteiger partial charge in [-0.2, -0.15) is 0 Å². The zero-order chi connectivity index (χ0) is 18.0. The molecule has 0 aliphatic heterocycles. The van der Waals surface area contributed by atoms with Gasteiger partial charge in [-0.1, -0.05) is 30.3 Å². The molecule has 0 radical (unpaired) electrons. The maximum atomic E-state index is 13.7. The molecule has 3 rings (SSSR count). The Balaban J connectivity index is 1.70. The molecule has 0 spiro atoms. The third kappa shape index (κ3) is 3.37. The molecule has 2 aromatic carbocycles. The van der Waals surface area contributed by atoms with E-state index in [1.54, 1.807) is 19.2 Å². The summed E-state index contributed by atoms with van der Waals surface area (Å²) in [7, 11) is 1.61. The Morgan fingerprint density at radius 1 is 1.32 bits per heavy atom. The standard InChI is InChI=1S/C20H22FNO3/c1-13-7-8-14(11-18(13)25-2)20(9-10-20)19(24)22-12-17(23)15-5-3-4-6-16(15)21/h3-8,11,17,23H,9-10,12H2,1-2H3,(H,22,24). The van der Waals surface area contributed by atoms with Crippen LogP contribution in [0.1, 0.15) is 35.6 Å². The SMILES string of the molecule is COc1cc(C2(C(=O)NCC(O)c3ccccc3F)CC2)ccc1C. The van der Waals surface area contributed by atoms with Gasteiger partial charge in [0.15, 0.2) is 0 Å². The van der Waals surface area contributed by atoms with E-state index in [1.807, 2.05) is 25.1 Å². The number of nitrogens with one attached hydrogen (secondary N) is 1. The quantitative estimate of drug-likeness (QED) is 0.848. The van der Waals surface area contributed by atoms with E-state index in [0.29, 0.717) is 0 Å². The second-order valence-corrected chi connectivity index (χ2v) is 6.51. The number of ether oxygens (including phenoxy) is 1. The topological polar surface area (TPSA) is 58.6 Å². The van der Waals surface area contributed by atoms with Crippen molar-refractivity contribution in [2.24, 2.45) is 0 Å². The predicted molar refractivity (Wildman–Crippen MR) is 93.0 cm³/mol. The van der Waals surface area contributed by atoms with Crippen molar-refractivity contribution in [3.8, 4) is 5.75 Å². The Hall–Kier alpha value is -2.40. The largest absolute Gasteiger partial charge is 0.496 e. The number of aliphatic hydroxyl groups excluding tert-OH is 1. The van der Waals surface area contributed by atoms with Crippen LogP contribution in [0.2, 0.25) is 0 Å². The van der Waals surface area contributed by atoms with Crippen LogP contribution in [0.5, 0.6) is 5.75 Å². The number of aliphatic hydroxyl groups is 1. The molecule has 1 fully saturated rings. The van der Waals surface area contributed by atoms with Gasteiger partial charge in [-0.25, -0.2) is 4.39 Å². The monoisotopic (exact) mass is 343 g/mol. The molecule has 5 heteroatoms. The number of carbonyl (C=O) groups excluding carboxylic acids is 1. The number of hydrogen-bond acceptors (Lipinski definition) is 3. The highest BCUT2D eigenvalue weighted by molar-refractivity contribution is 5.91. The van der Waals surface area contributed by atoms with Gasteiger partial charge in [-0.15, -0.1) is 0 Å². The molecule has 1 aliphatic carbocycles. The first-order valence-corrected chi connectivity index (χ1v) is 8.34. The van der Waals surface area contributed by atoms with Gasteiger partial charge in [0.25, 0.3) is 0 Å². The molecule has 0 saturated heterocycles. The van der Waals surface area contributed by atoms with Crippen molar-refractivity contribution in [2.45, 2.75) is 31.3 Å². The molecule has 2 aromatic rings. The van der Waals surface area contributed by atoms with Crippen LogP contribution in [0.4, 0.5) is 4.39 Å². The average Bonchev–Trinajstić information content (AvgIpc) is 3.42. The maximum absolute atomic E-state index is 13.7. The van der Waals surface area contributed by atoms with E-state index in [9.17, 15) is 14.3 Å². The molecule has 25 heavy (non-hydrogen) atoms. The highest BCUT2D eigenvalue weighted by Crippen LogP contribution is 2.49. The first-order chi connectivity index (χ1) is 12.0. The lowest BCUT2D eigenvalue weighted by Crippen LogP contribution is -2.37. The molecule has 1 saturated carbocycles. The van der Waals surface area contributed by atoms with Crippen molar-refractivity contribution in [1.29, 1.82) is 0 Å². The van der Waals surface area contributed by atoms with Gasteiger partial charge >= 0.3 is 0 Å². The summed E-state index contributed by atoms with van der Waals surface area (Å²) in [5.74, 6) is 0.130. The van der Waals surface area contributed by atoms with E-state index >= 15 is 0 Å². The molecule has 1 atom stereocenters. The van der Waals surface area contributed by atoms with Crippen LogP contribution in [0.3, 0.4) is 0 Å². The number of benzene rings is 2. The maximum Gasteiger partial charge on any atom is 0.230 e. The number of aryl methyl sites for hydroxylation is 1. The molecule has 1 amide bonds. The van der Waals surface area contributed by atoms with Crippen molar-refractivity contribution < 1.29 is 19.0 Å². The molecule has 1 unspecified atom stereocenters. The molecular weight excluding hydrogens is 321 g/mol. The molecule has 4 nitrogen and oxygen atoms in total. The first-order valence-electron chi connectivity index (χ1n) is 8.34. The molecule has 0 heterocycles. The van der Waals surface area contributed by atoms with Gasteiger partial charge in [-0.05, 0) is 43.0 Å². The third-order valence-electron chi connectivity index (χ3n) is 4.87. The van der Waals surface area contributed by atoms with Crippen LogP contribution in [0.25, 0.3) is 0 Å². The van der Waals surface area contributed by atoms with Crippen LogP contribution in [0.15, 0.2) is 42.5 Å². The fourth-order valence-electron chi connectivity index (χ4n) is 3.10. The van der Waals surface area contributed by atoms with Crippen molar-refractivity contribution in [1.82, 2.24) is 5.32 Å². The minimum absolute atomic E-state index is 0.0233. The summed E-state index contributed by atoms with van der Waals surface area (Å²) in [5.41, 5.74) is 1.53. The summed E-state index contributed by atoms with van der Waals surface area (Å²) in [4.78, 5) is 12.7. The second kappa shape index (κ2) is 6.84. The first kappa shape index (κ1) is 17.4. The van der Waals surface area contributed by atoms with Gasteiger partial charge in [0.1, 0.15) is 11.6 Å². The van der Waals surface area contributed by atoms with E-state index in [-0.39, 0.29) is 18.0 Å². The van der Waals surface area contributed by atoms with Crippen LogP contribution in [-0.4, -0.2) is 24.7 Å². The average molecular weight is 343 g/mol. The van der Waals surface area contributed by atoms with Gasteiger partial charge in [0.05, 0.1) is 18.6 Å². The number of amides is 1. The van der Waals surface area contributed by atoms with Gasteiger partial charge in [0, 0.05) is 12.1 Å². The Labute approximate surface area is 146 Å². The predicted octanol–water partition coefficient (Wildman–Crippen LogP) is 3.02. The molecule has 0 bridgehead atoms. The molecule has 132 valence electrons. The van der Waals surface area contributed by atoms with Crippen molar-refractivity contribution in [3.63, 3.8) is 0 Å². The fraction of sp³-hybridized carbons (Fsp3) is 0.350. The number of halogens is 1. The van der Waals surface area contributed by atoms with E-state index in [4.69, 9.17) is 4.74 Å². The lowest BCUT2D eigenvalue weighted by atomic mass is 9.93.